The van der Waals surface area contributed by atoms with Crippen molar-refractivity contribution in [2.24, 2.45) is 0 Å². The van der Waals surface area contributed by atoms with E-state index in [1.807, 2.05) is 24.3 Å². The Morgan fingerprint density at radius 1 is 0.781 bits per heavy atom. The number of anilines is 1. The molecule has 3 aromatic carbocycles. The quantitative estimate of drug-likeness (QED) is 0.479. The van der Waals surface area contributed by atoms with Crippen LogP contribution in [0.2, 0.25) is 0 Å². The van der Waals surface area contributed by atoms with E-state index in [1.54, 1.807) is 54.6 Å². The summed E-state index contributed by atoms with van der Waals surface area (Å²) in [5.74, 6) is 0.864. The second kappa shape index (κ2) is 8.35. The molecular formula is C24H17N3O5. The Morgan fingerprint density at radius 3 is 2.22 bits per heavy atom. The first-order chi connectivity index (χ1) is 15.7. The zero-order chi connectivity index (χ0) is 21.9. The maximum absolute atomic E-state index is 12.5. The van der Waals surface area contributed by atoms with Crippen LogP contribution >= 0.6 is 0 Å². The lowest BCUT2D eigenvalue weighted by atomic mass is 10.0. The predicted octanol–water partition coefficient (Wildman–Crippen LogP) is 4.07. The van der Waals surface area contributed by atoms with Crippen LogP contribution in [0.3, 0.4) is 0 Å². The van der Waals surface area contributed by atoms with Crippen molar-refractivity contribution < 1.29 is 23.5 Å². The molecule has 0 fully saturated rings. The number of carbonyl (C=O) groups excluding carboxylic acids is 2. The van der Waals surface area contributed by atoms with Gasteiger partial charge in [-0.15, -0.1) is 5.10 Å². The van der Waals surface area contributed by atoms with Gasteiger partial charge in [0.2, 0.25) is 6.10 Å². The van der Waals surface area contributed by atoms with Crippen LogP contribution in [0.25, 0.3) is 0 Å². The van der Waals surface area contributed by atoms with Crippen molar-refractivity contribution in [1.82, 2.24) is 10.2 Å². The summed E-state index contributed by atoms with van der Waals surface area (Å²) in [5.41, 5.74) is 1.42. The molecule has 5 rings (SSSR count). The van der Waals surface area contributed by atoms with Gasteiger partial charge in [-0.3, -0.25) is 14.9 Å². The molecular weight excluding hydrogens is 410 g/mol. The van der Waals surface area contributed by atoms with E-state index in [4.69, 9.17) is 13.9 Å². The van der Waals surface area contributed by atoms with Gasteiger partial charge in [0.05, 0.1) is 0 Å². The highest BCUT2D eigenvalue weighted by molar-refractivity contribution is 6.10. The van der Waals surface area contributed by atoms with Crippen molar-refractivity contribution in [2.45, 2.75) is 6.10 Å². The maximum atomic E-state index is 12.5. The minimum absolute atomic E-state index is 0.0584. The SMILES string of the molecule is O=C(Nc1nnc(C2COc3ccccc3O2)o1)c1ccc(C(=O)c2ccccc2)cc1. The van der Waals surface area contributed by atoms with Gasteiger partial charge in [-0.1, -0.05) is 59.7 Å². The molecule has 8 heteroatoms. The van der Waals surface area contributed by atoms with Crippen molar-refractivity contribution in [3.05, 3.63) is 101 Å². The summed E-state index contributed by atoms with van der Waals surface area (Å²) >= 11 is 0. The van der Waals surface area contributed by atoms with Crippen LogP contribution < -0.4 is 14.8 Å². The van der Waals surface area contributed by atoms with E-state index in [9.17, 15) is 9.59 Å². The number of amides is 1. The fourth-order valence-corrected chi connectivity index (χ4v) is 3.25. The number of nitrogens with zero attached hydrogens (tertiary/aromatic N) is 2. The normalized spacial score (nSPS) is 14.6. The van der Waals surface area contributed by atoms with Crippen LogP contribution in [0, 0.1) is 0 Å². The smallest absolute Gasteiger partial charge is 0.322 e. The minimum Gasteiger partial charge on any atom is -0.485 e. The van der Waals surface area contributed by atoms with E-state index in [2.05, 4.69) is 15.5 Å². The van der Waals surface area contributed by atoms with Crippen LogP contribution in [-0.4, -0.2) is 28.5 Å². The number of carbonyl (C=O) groups is 2. The number of benzene rings is 3. The van der Waals surface area contributed by atoms with E-state index in [0.717, 1.165) is 0 Å². The fourth-order valence-electron chi connectivity index (χ4n) is 3.25. The molecule has 1 amide bonds. The number of para-hydroxylation sites is 2. The van der Waals surface area contributed by atoms with Gasteiger partial charge >= 0.3 is 6.01 Å². The number of rotatable bonds is 5. The molecule has 1 aromatic heterocycles. The minimum atomic E-state index is -0.577. The van der Waals surface area contributed by atoms with Crippen molar-refractivity contribution in [3.8, 4) is 11.5 Å². The fraction of sp³-hybridized carbons (Fsp3) is 0.0833. The Bertz CT molecular complexity index is 1270. The largest absolute Gasteiger partial charge is 0.485 e. The molecule has 4 aromatic rings. The molecule has 1 N–H and O–H groups in total. The molecule has 2 heterocycles. The van der Waals surface area contributed by atoms with Crippen molar-refractivity contribution >= 4 is 17.7 Å². The summed E-state index contributed by atoms with van der Waals surface area (Å²) in [4.78, 5) is 25.0. The van der Waals surface area contributed by atoms with Gasteiger partial charge in [-0.25, -0.2) is 0 Å². The van der Waals surface area contributed by atoms with Gasteiger partial charge in [-0.05, 0) is 24.3 Å². The third kappa shape index (κ3) is 3.93. The van der Waals surface area contributed by atoms with Crippen LogP contribution in [0.1, 0.15) is 38.3 Å². The number of ketones is 1. The van der Waals surface area contributed by atoms with Crippen molar-refractivity contribution in [3.63, 3.8) is 0 Å². The first-order valence-corrected chi connectivity index (χ1v) is 9.90. The monoisotopic (exact) mass is 427 g/mol. The zero-order valence-corrected chi connectivity index (χ0v) is 16.7. The Balaban J connectivity index is 1.24. The summed E-state index contributed by atoms with van der Waals surface area (Å²) in [6, 6.07) is 22.5. The molecule has 0 saturated carbocycles. The summed E-state index contributed by atoms with van der Waals surface area (Å²) in [5, 5.41) is 10.4. The Hall–Kier alpha value is -4.46. The second-order valence-electron chi connectivity index (χ2n) is 7.04. The summed E-state index contributed by atoms with van der Waals surface area (Å²) in [6.07, 6.45) is -0.577. The Morgan fingerprint density at radius 2 is 1.44 bits per heavy atom. The molecule has 1 atom stereocenters. The zero-order valence-electron chi connectivity index (χ0n) is 16.7. The van der Waals surface area contributed by atoms with Gasteiger partial charge < -0.3 is 13.9 Å². The topological polar surface area (TPSA) is 104 Å². The molecule has 0 aliphatic carbocycles. The summed E-state index contributed by atoms with van der Waals surface area (Å²) < 4.78 is 17.0. The van der Waals surface area contributed by atoms with Crippen molar-refractivity contribution in [1.29, 1.82) is 0 Å². The van der Waals surface area contributed by atoms with E-state index in [1.165, 1.54) is 0 Å². The third-order valence-electron chi connectivity index (χ3n) is 4.89. The van der Waals surface area contributed by atoms with Crippen LogP contribution in [-0.2, 0) is 0 Å². The molecule has 0 radical (unpaired) electrons. The van der Waals surface area contributed by atoms with Gasteiger partial charge in [0.1, 0.15) is 6.61 Å². The maximum Gasteiger partial charge on any atom is 0.322 e. The molecule has 158 valence electrons. The molecule has 0 bridgehead atoms. The number of hydrogen-bond donors (Lipinski definition) is 1. The van der Waals surface area contributed by atoms with Crippen LogP contribution in [0.15, 0.2) is 83.3 Å². The summed E-state index contributed by atoms with van der Waals surface area (Å²) in [6.45, 7) is 0.212. The number of nitrogens with one attached hydrogen (secondary N) is 1. The highest BCUT2D eigenvalue weighted by Crippen LogP contribution is 2.35. The molecule has 8 nitrogen and oxygen atoms in total. The molecule has 1 unspecified atom stereocenters. The van der Waals surface area contributed by atoms with E-state index in [0.29, 0.717) is 28.2 Å². The van der Waals surface area contributed by atoms with E-state index >= 15 is 0 Å². The first-order valence-electron chi connectivity index (χ1n) is 9.90. The molecule has 0 spiro atoms. The Kier molecular flexibility index (Phi) is 5.09. The number of aromatic nitrogens is 2. The lowest BCUT2D eigenvalue weighted by Gasteiger charge is -2.23. The van der Waals surface area contributed by atoms with Gasteiger partial charge in [0.25, 0.3) is 11.8 Å². The molecule has 0 saturated heterocycles. The molecule has 32 heavy (non-hydrogen) atoms. The van der Waals surface area contributed by atoms with Gasteiger partial charge in [-0.2, -0.15) is 0 Å². The highest BCUT2D eigenvalue weighted by Gasteiger charge is 2.27. The van der Waals surface area contributed by atoms with Crippen LogP contribution in [0.5, 0.6) is 11.5 Å². The lowest BCUT2D eigenvalue weighted by Crippen LogP contribution is -2.21. The number of fused-ring (bicyclic) bond motifs is 1. The number of hydrogen-bond acceptors (Lipinski definition) is 7. The average molecular weight is 427 g/mol. The third-order valence-corrected chi connectivity index (χ3v) is 4.89. The Labute approximate surface area is 182 Å². The van der Waals surface area contributed by atoms with Crippen LogP contribution in [0.4, 0.5) is 6.01 Å². The standard InChI is InChI=1S/C24H17N3O5/c28-21(15-6-2-1-3-7-15)16-10-12-17(13-11-16)22(29)25-24-27-26-23(32-24)20-14-30-18-8-4-5-9-19(18)31-20/h1-13,20H,14H2,(H,25,27,29). The second-order valence-corrected chi connectivity index (χ2v) is 7.04. The average Bonchev–Trinajstić information content (AvgIpc) is 3.32. The summed E-state index contributed by atoms with van der Waals surface area (Å²) in [7, 11) is 0. The van der Waals surface area contributed by atoms with Gasteiger partial charge in [0, 0.05) is 16.7 Å². The van der Waals surface area contributed by atoms with Crippen molar-refractivity contribution in [2.75, 3.05) is 11.9 Å². The highest BCUT2D eigenvalue weighted by atomic mass is 16.6. The van der Waals surface area contributed by atoms with E-state index in [-0.39, 0.29) is 24.3 Å². The van der Waals surface area contributed by atoms with E-state index < -0.39 is 12.0 Å². The molecule has 1 aliphatic heterocycles. The lowest BCUT2D eigenvalue weighted by molar-refractivity contribution is 0.0716. The predicted molar refractivity (Wildman–Crippen MR) is 114 cm³/mol. The first kappa shape index (κ1) is 19.5. The number of ether oxygens (including phenoxy) is 2. The molecule has 1 aliphatic rings. The van der Waals surface area contributed by atoms with Gasteiger partial charge in [0.15, 0.2) is 17.3 Å².